The first kappa shape index (κ1) is 10.3. The predicted molar refractivity (Wildman–Crippen MR) is 46.7 cm³/mol. The average molecular weight is 204 g/mol. The van der Waals surface area contributed by atoms with E-state index in [-0.39, 0.29) is 37.6 Å². The number of fused-ring (bicyclic) bond motifs is 1. The molecule has 4 atom stereocenters. The molecule has 2 aliphatic heterocycles. The lowest BCUT2D eigenvalue weighted by Gasteiger charge is -2.22. The molecule has 2 unspecified atom stereocenters. The van der Waals surface area contributed by atoms with Crippen molar-refractivity contribution in [2.24, 2.45) is 0 Å². The van der Waals surface area contributed by atoms with Gasteiger partial charge in [-0.15, -0.1) is 0 Å². The molecule has 14 heavy (non-hydrogen) atoms. The second kappa shape index (κ2) is 3.43. The zero-order valence-electron chi connectivity index (χ0n) is 8.34. The molecule has 0 aromatic carbocycles. The molecule has 0 aliphatic carbocycles. The minimum absolute atomic E-state index is 0.114. The van der Waals surface area contributed by atoms with Gasteiger partial charge >= 0.3 is 0 Å². The van der Waals surface area contributed by atoms with Crippen molar-refractivity contribution in [1.29, 1.82) is 0 Å². The third-order valence-electron chi connectivity index (χ3n) is 2.61. The molecule has 0 aromatic heterocycles. The Morgan fingerprint density at radius 3 is 1.79 bits per heavy atom. The monoisotopic (exact) mass is 204 g/mol. The van der Waals surface area contributed by atoms with E-state index in [1.54, 1.807) is 0 Å². The fourth-order valence-corrected chi connectivity index (χ4v) is 2.07. The van der Waals surface area contributed by atoms with Crippen LogP contribution in [-0.2, 0) is 14.2 Å². The van der Waals surface area contributed by atoms with Crippen LogP contribution in [0.15, 0.2) is 0 Å². The van der Waals surface area contributed by atoms with Gasteiger partial charge in [0, 0.05) is 0 Å². The minimum atomic E-state index is -0.653. The number of hydrogen-bond donors (Lipinski definition) is 2. The van der Waals surface area contributed by atoms with Gasteiger partial charge in [-0.1, -0.05) is 0 Å². The number of aliphatic hydroxyl groups is 2. The summed E-state index contributed by atoms with van der Waals surface area (Å²) in [6.07, 6.45) is -1.32. The highest BCUT2D eigenvalue weighted by Crippen LogP contribution is 2.38. The van der Waals surface area contributed by atoms with Crippen molar-refractivity contribution in [1.82, 2.24) is 0 Å². The van der Waals surface area contributed by atoms with Gasteiger partial charge in [0.25, 0.3) is 0 Å². The average Bonchev–Trinajstić information content (AvgIpc) is 2.57. The van der Waals surface area contributed by atoms with E-state index < -0.39 is 5.79 Å². The molecule has 0 amide bonds. The van der Waals surface area contributed by atoms with Gasteiger partial charge < -0.3 is 24.4 Å². The Bertz CT molecular complexity index is 197. The van der Waals surface area contributed by atoms with Crippen molar-refractivity contribution in [3.8, 4) is 0 Å². The zero-order valence-corrected chi connectivity index (χ0v) is 8.34. The van der Waals surface area contributed by atoms with Gasteiger partial charge in [-0.3, -0.25) is 0 Å². The molecule has 5 heteroatoms. The summed E-state index contributed by atoms with van der Waals surface area (Å²) < 4.78 is 16.6. The molecule has 0 spiro atoms. The number of rotatable bonds is 2. The van der Waals surface area contributed by atoms with Crippen LogP contribution in [0, 0.1) is 0 Å². The molecule has 2 aliphatic rings. The van der Waals surface area contributed by atoms with Crippen molar-refractivity contribution in [2.45, 2.75) is 44.1 Å². The lowest BCUT2D eigenvalue weighted by molar-refractivity contribution is -0.193. The van der Waals surface area contributed by atoms with E-state index in [4.69, 9.17) is 24.4 Å². The fraction of sp³-hybridized carbons (Fsp3) is 1.00. The quantitative estimate of drug-likeness (QED) is 0.620. The molecular formula is C9H16O5. The largest absolute Gasteiger partial charge is 0.394 e. The lowest BCUT2D eigenvalue weighted by atomic mass is 10.1. The Balaban J connectivity index is 2.12. The van der Waals surface area contributed by atoms with E-state index >= 15 is 0 Å². The normalized spacial score (nSPS) is 45.4. The van der Waals surface area contributed by atoms with Crippen LogP contribution >= 0.6 is 0 Å². The first-order valence-corrected chi connectivity index (χ1v) is 4.80. The Labute approximate surface area is 82.6 Å². The second-order valence-electron chi connectivity index (χ2n) is 4.14. The topological polar surface area (TPSA) is 68.2 Å². The van der Waals surface area contributed by atoms with Gasteiger partial charge in [0.2, 0.25) is 0 Å². The van der Waals surface area contributed by atoms with Crippen LogP contribution in [0.3, 0.4) is 0 Å². The van der Waals surface area contributed by atoms with Gasteiger partial charge in [-0.05, 0) is 13.8 Å². The Hall–Kier alpha value is -0.200. The molecule has 2 saturated heterocycles. The molecule has 2 rings (SSSR count). The standard InChI is InChI=1S/C9H16O5/c1-9(2)13-7-5(3-10)12-6(4-11)8(7)14-9/h5-8,10-11H,3-4H2,1-2H3/t5?,6?,7-,8+. The highest BCUT2D eigenvalue weighted by molar-refractivity contribution is 4.97. The maximum atomic E-state index is 9.05. The van der Waals surface area contributed by atoms with E-state index in [1.807, 2.05) is 13.8 Å². The molecule has 5 nitrogen and oxygen atoms in total. The molecule has 2 N–H and O–H groups in total. The van der Waals surface area contributed by atoms with E-state index in [9.17, 15) is 0 Å². The van der Waals surface area contributed by atoms with Crippen molar-refractivity contribution < 1.29 is 24.4 Å². The van der Waals surface area contributed by atoms with Crippen LogP contribution in [0.1, 0.15) is 13.8 Å². The van der Waals surface area contributed by atoms with Gasteiger partial charge in [0.15, 0.2) is 5.79 Å². The van der Waals surface area contributed by atoms with Crippen LogP contribution < -0.4 is 0 Å². The molecule has 2 fully saturated rings. The van der Waals surface area contributed by atoms with E-state index in [0.29, 0.717) is 0 Å². The second-order valence-corrected chi connectivity index (χ2v) is 4.14. The maximum absolute atomic E-state index is 9.05. The Morgan fingerprint density at radius 1 is 1.00 bits per heavy atom. The highest BCUT2D eigenvalue weighted by Gasteiger charge is 2.54. The third kappa shape index (κ3) is 1.55. The molecule has 2 heterocycles. The lowest BCUT2D eigenvalue weighted by Crippen LogP contribution is -2.32. The smallest absolute Gasteiger partial charge is 0.164 e. The van der Waals surface area contributed by atoms with Crippen LogP contribution in [0.4, 0.5) is 0 Å². The van der Waals surface area contributed by atoms with Crippen LogP contribution in [0.2, 0.25) is 0 Å². The fourth-order valence-electron chi connectivity index (χ4n) is 2.07. The van der Waals surface area contributed by atoms with Crippen LogP contribution in [0.25, 0.3) is 0 Å². The molecule has 0 radical (unpaired) electrons. The summed E-state index contributed by atoms with van der Waals surface area (Å²) in [5.41, 5.74) is 0. The van der Waals surface area contributed by atoms with E-state index in [1.165, 1.54) is 0 Å². The molecule has 0 bridgehead atoms. The molecule has 82 valence electrons. The Kier molecular flexibility index (Phi) is 2.53. The number of hydrogen-bond acceptors (Lipinski definition) is 5. The summed E-state index contributed by atoms with van der Waals surface area (Å²) in [6, 6.07) is 0. The van der Waals surface area contributed by atoms with Crippen molar-refractivity contribution >= 4 is 0 Å². The van der Waals surface area contributed by atoms with E-state index in [2.05, 4.69) is 0 Å². The van der Waals surface area contributed by atoms with Crippen molar-refractivity contribution in [3.05, 3.63) is 0 Å². The summed E-state index contributed by atoms with van der Waals surface area (Å²) in [5.74, 6) is -0.653. The maximum Gasteiger partial charge on any atom is 0.164 e. The van der Waals surface area contributed by atoms with Gasteiger partial charge in [-0.25, -0.2) is 0 Å². The minimum Gasteiger partial charge on any atom is -0.394 e. The van der Waals surface area contributed by atoms with Crippen molar-refractivity contribution in [3.63, 3.8) is 0 Å². The zero-order chi connectivity index (χ0) is 10.3. The number of aliphatic hydroxyl groups excluding tert-OH is 2. The summed E-state index contributed by atoms with van der Waals surface area (Å²) in [4.78, 5) is 0. The highest BCUT2D eigenvalue weighted by atomic mass is 16.8. The Morgan fingerprint density at radius 2 is 1.43 bits per heavy atom. The predicted octanol–water partition coefficient (Wildman–Crippen LogP) is -0.742. The first-order valence-electron chi connectivity index (χ1n) is 4.80. The van der Waals surface area contributed by atoms with Crippen LogP contribution in [-0.4, -0.2) is 53.6 Å². The van der Waals surface area contributed by atoms with E-state index in [0.717, 1.165) is 0 Å². The van der Waals surface area contributed by atoms with Gasteiger partial charge in [0.1, 0.15) is 24.4 Å². The summed E-state index contributed by atoms with van der Waals surface area (Å²) in [7, 11) is 0. The summed E-state index contributed by atoms with van der Waals surface area (Å²) >= 11 is 0. The summed E-state index contributed by atoms with van der Waals surface area (Å²) in [6.45, 7) is 3.40. The van der Waals surface area contributed by atoms with Crippen molar-refractivity contribution in [2.75, 3.05) is 13.2 Å². The SMILES string of the molecule is CC1(C)O[C@@H]2C(CO)OC(CO)[C@@H]2O1. The summed E-state index contributed by atoms with van der Waals surface area (Å²) in [5, 5.41) is 18.1. The van der Waals surface area contributed by atoms with Crippen LogP contribution in [0.5, 0.6) is 0 Å². The molecule has 0 saturated carbocycles. The number of ether oxygens (including phenoxy) is 3. The first-order chi connectivity index (χ1) is 6.57. The third-order valence-corrected chi connectivity index (χ3v) is 2.61. The molecule has 0 aromatic rings. The molecular weight excluding hydrogens is 188 g/mol. The van der Waals surface area contributed by atoms with Gasteiger partial charge in [-0.2, -0.15) is 0 Å². The van der Waals surface area contributed by atoms with Gasteiger partial charge in [0.05, 0.1) is 13.2 Å².